The van der Waals surface area contributed by atoms with Gasteiger partial charge in [-0.1, -0.05) is 48.9 Å². The van der Waals surface area contributed by atoms with Gasteiger partial charge in [0.15, 0.2) is 0 Å². The van der Waals surface area contributed by atoms with Gasteiger partial charge in [0.1, 0.15) is 0 Å². The van der Waals surface area contributed by atoms with Crippen molar-refractivity contribution < 1.29 is 0 Å². The smallest absolute Gasteiger partial charge is 0.00671 e. The van der Waals surface area contributed by atoms with Gasteiger partial charge in [-0.3, -0.25) is 0 Å². The summed E-state index contributed by atoms with van der Waals surface area (Å²) in [5, 5.41) is 0. The molecule has 0 nitrogen and oxygen atoms in total. The van der Waals surface area contributed by atoms with Gasteiger partial charge < -0.3 is 0 Å². The Hall–Kier alpha value is -1.30. The van der Waals surface area contributed by atoms with Gasteiger partial charge in [0.25, 0.3) is 0 Å². The van der Waals surface area contributed by atoms with Crippen molar-refractivity contribution >= 4 is 0 Å². The summed E-state index contributed by atoms with van der Waals surface area (Å²) in [4.78, 5) is 0. The highest BCUT2D eigenvalue weighted by Gasteiger charge is 2.11. The number of allylic oxidation sites excluding steroid dienone is 3. The van der Waals surface area contributed by atoms with Crippen molar-refractivity contribution in [1.29, 1.82) is 0 Å². The second-order valence-electron chi connectivity index (χ2n) is 4.98. The summed E-state index contributed by atoms with van der Waals surface area (Å²) in [5.41, 5.74) is 4.48. The fourth-order valence-electron chi connectivity index (χ4n) is 2.44. The van der Waals surface area contributed by atoms with Crippen molar-refractivity contribution in [3.8, 4) is 0 Å². The van der Waals surface area contributed by atoms with Gasteiger partial charge in [0, 0.05) is 0 Å². The lowest BCUT2D eigenvalue weighted by Crippen LogP contribution is -2.04. The van der Waals surface area contributed by atoms with Gasteiger partial charge in [0.2, 0.25) is 0 Å². The molecule has 0 radical (unpaired) electrons. The van der Waals surface area contributed by atoms with E-state index in [-0.39, 0.29) is 0 Å². The number of rotatable bonds is 4. The zero-order chi connectivity index (χ0) is 12.1. The molecule has 1 aliphatic rings. The van der Waals surface area contributed by atoms with Crippen molar-refractivity contribution in [1.82, 2.24) is 0 Å². The standard InChI is InChI=1S/C17H22/c1-3-14-5-9-16(10-6-14)13-17-11-7-15(4-2)8-12-17/h3,7-9,11-12,14H,1,4-6,10,13H2,2H3. The quantitative estimate of drug-likeness (QED) is 0.653. The summed E-state index contributed by atoms with van der Waals surface area (Å²) < 4.78 is 0. The van der Waals surface area contributed by atoms with Crippen LogP contribution in [0.25, 0.3) is 0 Å². The second-order valence-corrected chi connectivity index (χ2v) is 4.98. The average Bonchev–Trinajstić information content (AvgIpc) is 2.40. The molecule has 0 heterocycles. The molecule has 0 saturated heterocycles. The molecule has 0 amide bonds. The van der Waals surface area contributed by atoms with Crippen molar-refractivity contribution in [2.24, 2.45) is 5.92 Å². The Morgan fingerprint density at radius 1 is 1.24 bits per heavy atom. The zero-order valence-electron chi connectivity index (χ0n) is 10.8. The van der Waals surface area contributed by atoms with E-state index >= 15 is 0 Å². The van der Waals surface area contributed by atoms with Crippen LogP contribution in [0.5, 0.6) is 0 Å². The molecule has 1 aliphatic carbocycles. The highest BCUT2D eigenvalue weighted by Crippen LogP contribution is 2.26. The summed E-state index contributed by atoms with van der Waals surface area (Å²) in [6.45, 7) is 6.09. The van der Waals surface area contributed by atoms with Crippen LogP contribution in [0, 0.1) is 5.92 Å². The molecule has 1 aromatic carbocycles. The first kappa shape index (κ1) is 12.2. The molecular formula is C17H22. The molecule has 0 saturated carbocycles. The van der Waals surface area contributed by atoms with Gasteiger partial charge in [-0.15, -0.1) is 6.58 Å². The van der Waals surface area contributed by atoms with E-state index in [1.807, 2.05) is 0 Å². The minimum atomic E-state index is 0.709. The lowest BCUT2D eigenvalue weighted by atomic mass is 9.87. The Labute approximate surface area is 105 Å². The highest BCUT2D eigenvalue weighted by atomic mass is 14.2. The molecule has 1 atom stereocenters. The van der Waals surface area contributed by atoms with Gasteiger partial charge in [0.05, 0.1) is 0 Å². The van der Waals surface area contributed by atoms with Crippen LogP contribution in [0.4, 0.5) is 0 Å². The molecule has 2 rings (SSSR count). The minimum absolute atomic E-state index is 0.709. The highest BCUT2D eigenvalue weighted by molar-refractivity contribution is 5.27. The maximum atomic E-state index is 3.88. The number of benzene rings is 1. The molecule has 0 spiro atoms. The predicted octanol–water partition coefficient (Wildman–Crippen LogP) is 4.70. The first-order valence-corrected chi connectivity index (χ1v) is 6.70. The van der Waals surface area contributed by atoms with Crippen molar-refractivity contribution in [3.05, 3.63) is 59.7 Å². The molecular weight excluding hydrogens is 204 g/mol. The Balaban J connectivity index is 1.96. The van der Waals surface area contributed by atoms with Crippen LogP contribution in [0.2, 0.25) is 0 Å². The van der Waals surface area contributed by atoms with Gasteiger partial charge in [-0.05, 0) is 49.1 Å². The summed E-state index contributed by atoms with van der Waals surface area (Å²) in [6, 6.07) is 9.06. The van der Waals surface area contributed by atoms with Crippen LogP contribution in [0.3, 0.4) is 0 Å². The second kappa shape index (κ2) is 5.86. The van der Waals surface area contributed by atoms with Crippen LogP contribution >= 0.6 is 0 Å². The Morgan fingerprint density at radius 2 is 1.94 bits per heavy atom. The van der Waals surface area contributed by atoms with Crippen molar-refractivity contribution in [2.45, 2.75) is 39.0 Å². The first-order chi connectivity index (χ1) is 8.31. The van der Waals surface area contributed by atoms with E-state index in [2.05, 4.69) is 49.9 Å². The number of hydrogen-bond acceptors (Lipinski definition) is 0. The minimum Gasteiger partial charge on any atom is -0.103 e. The third-order valence-corrected chi connectivity index (χ3v) is 3.74. The molecule has 0 heteroatoms. The van der Waals surface area contributed by atoms with E-state index in [1.54, 1.807) is 5.57 Å². The summed E-state index contributed by atoms with van der Waals surface area (Å²) in [6.07, 6.45) is 10.5. The molecule has 90 valence electrons. The van der Waals surface area contributed by atoms with Gasteiger partial charge in [-0.2, -0.15) is 0 Å². The van der Waals surface area contributed by atoms with Crippen molar-refractivity contribution in [3.63, 3.8) is 0 Å². The lowest BCUT2D eigenvalue weighted by Gasteiger charge is -2.19. The maximum absolute atomic E-state index is 3.88. The molecule has 0 aliphatic heterocycles. The Bertz CT molecular complexity index is 395. The van der Waals surface area contributed by atoms with E-state index in [4.69, 9.17) is 0 Å². The molecule has 0 aromatic heterocycles. The zero-order valence-corrected chi connectivity index (χ0v) is 10.8. The molecule has 1 unspecified atom stereocenters. The molecule has 1 aromatic rings. The third-order valence-electron chi connectivity index (χ3n) is 3.74. The van der Waals surface area contributed by atoms with E-state index in [0.29, 0.717) is 5.92 Å². The summed E-state index contributed by atoms with van der Waals surface area (Å²) >= 11 is 0. The van der Waals surface area contributed by atoms with Crippen LogP contribution in [0.15, 0.2) is 48.6 Å². The average molecular weight is 226 g/mol. The van der Waals surface area contributed by atoms with Crippen LogP contribution in [0.1, 0.15) is 37.3 Å². The SMILES string of the molecule is C=CC1CC=C(Cc2ccc(CC)cc2)CC1. The van der Waals surface area contributed by atoms with Crippen LogP contribution < -0.4 is 0 Å². The third kappa shape index (κ3) is 3.33. The number of hydrogen-bond donors (Lipinski definition) is 0. The Morgan fingerprint density at radius 3 is 2.47 bits per heavy atom. The van der Waals surface area contributed by atoms with E-state index in [9.17, 15) is 0 Å². The summed E-state index contributed by atoms with van der Waals surface area (Å²) in [5.74, 6) is 0.709. The van der Waals surface area contributed by atoms with Crippen LogP contribution in [-0.2, 0) is 12.8 Å². The summed E-state index contributed by atoms with van der Waals surface area (Å²) in [7, 11) is 0. The van der Waals surface area contributed by atoms with Gasteiger partial charge in [-0.25, -0.2) is 0 Å². The Kier molecular flexibility index (Phi) is 4.19. The van der Waals surface area contributed by atoms with Crippen LogP contribution in [-0.4, -0.2) is 0 Å². The van der Waals surface area contributed by atoms with Crippen molar-refractivity contribution in [2.75, 3.05) is 0 Å². The van der Waals surface area contributed by atoms with E-state index in [1.165, 1.54) is 30.4 Å². The largest absolute Gasteiger partial charge is 0.103 e. The fraction of sp³-hybridized carbons (Fsp3) is 0.412. The van der Waals surface area contributed by atoms with Gasteiger partial charge >= 0.3 is 0 Å². The monoisotopic (exact) mass is 226 g/mol. The number of aryl methyl sites for hydroxylation is 1. The first-order valence-electron chi connectivity index (χ1n) is 6.70. The van der Waals surface area contributed by atoms with E-state index < -0.39 is 0 Å². The normalized spacial score (nSPS) is 19.8. The predicted molar refractivity (Wildman–Crippen MR) is 75.1 cm³/mol. The molecule has 0 bridgehead atoms. The molecule has 17 heavy (non-hydrogen) atoms. The lowest BCUT2D eigenvalue weighted by molar-refractivity contribution is 0.562. The fourth-order valence-corrected chi connectivity index (χ4v) is 2.44. The topological polar surface area (TPSA) is 0 Å². The molecule has 0 fully saturated rings. The maximum Gasteiger partial charge on any atom is -0.00671 e. The molecule has 0 N–H and O–H groups in total. The van der Waals surface area contributed by atoms with E-state index in [0.717, 1.165) is 12.8 Å².